The van der Waals surface area contributed by atoms with E-state index in [1.54, 1.807) is 18.3 Å². The first kappa shape index (κ1) is 15.3. The molecule has 2 aromatic carbocycles. The van der Waals surface area contributed by atoms with Crippen molar-refractivity contribution >= 4 is 23.4 Å². The van der Waals surface area contributed by atoms with Crippen LogP contribution >= 0.6 is 11.8 Å². The summed E-state index contributed by atoms with van der Waals surface area (Å²) in [7, 11) is 0. The second-order valence-electron chi connectivity index (χ2n) is 4.96. The number of nitrogens with zero attached hydrogens (tertiary/aromatic N) is 1. The molecule has 4 heteroatoms. The molecule has 0 radical (unpaired) electrons. The van der Waals surface area contributed by atoms with E-state index in [1.807, 2.05) is 48.7 Å². The molecule has 0 atom stereocenters. The van der Waals surface area contributed by atoms with Gasteiger partial charge in [-0.3, -0.25) is 4.79 Å². The number of hydrogen-bond acceptors (Lipinski definition) is 3. The number of pyridine rings is 1. The molecule has 3 aromatic rings. The number of carbonyl (C=O) groups is 1. The van der Waals surface area contributed by atoms with Gasteiger partial charge in [-0.2, -0.15) is 0 Å². The van der Waals surface area contributed by atoms with Gasteiger partial charge in [0.15, 0.2) is 0 Å². The van der Waals surface area contributed by atoms with E-state index in [-0.39, 0.29) is 5.91 Å². The van der Waals surface area contributed by atoms with Crippen molar-refractivity contribution < 1.29 is 4.79 Å². The molecule has 0 unspecified atom stereocenters. The van der Waals surface area contributed by atoms with E-state index in [9.17, 15) is 4.79 Å². The van der Waals surface area contributed by atoms with Crippen LogP contribution in [0.15, 0.2) is 78.0 Å². The molecule has 0 bridgehead atoms. The molecule has 23 heavy (non-hydrogen) atoms. The minimum absolute atomic E-state index is 0.144. The van der Waals surface area contributed by atoms with Crippen molar-refractivity contribution in [3.63, 3.8) is 0 Å². The van der Waals surface area contributed by atoms with Gasteiger partial charge in [0.1, 0.15) is 5.03 Å². The minimum Gasteiger partial charge on any atom is -0.322 e. The number of carbonyl (C=O) groups excluding carboxylic acids is 1. The number of aromatic nitrogens is 1. The highest BCUT2D eigenvalue weighted by atomic mass is 32.2. The number of rotatable bonds is 4. The Labute approximate surface area is 139 Å². The number of hydrogen-bond donors (Lipinski definition) is 1. The summed E-state index contributed by atoms with van der Waals surface area (Å²) < 4.78 is 0. The van der Waals surface area contributed by atoms with Crippen LogP contribution in [0.5, 0.6) is 0 Å². The summed E-state index contributed by atoms with van der Waals surface area (Å²) in [5.74, 6) is -0.144. The van der Waals surface area contributed by atoms with Crippen LogP contribution in [-0.4, -0.2) is 17.1 Å². The number of benzene rings is 2. The summed E-state index contributed by atoms with van der Waals surface area (Å²) in [6.45, 7) is 0. The molecule has 3 nitrogen and oxygen atoms in total. The monoisotopic (exact) mass is 320 g/mol. The first-order valence-corrected chi connectivity index (χ1v) is 8.46. The largest absolute Gasteiger partial charge is 0.322 e. The first-order chi connectivity index (χ1) is 11.3. The lowest BCUT2D eigenvalue weighted by Crippen LogP contribution is -2.13. The van der Waals surface area contributed by atoms with Crippen LogP contribution in [0.4, 0.5) is 5.69 Å². The van der Waals surface area contributed by atoms with E-state index in [0.717, 1.165) is 21.8 Å². The van der Waals surface area contributed by atoms with E-state index >= 15 is 0 Å². The van der Waals surface area contributed by atoms with E-state index in [4.69, 9.17) is 0 Å². The smallest absolute Gasteiger partial charge is 0.258 e. The second-order valence-corrected chi connectivity index (χ2v) is 5.75. The van der Waals surface area contributed by atoms with Crippen LogP contribution in [0.3, 0.4) is 0 Å². The van der Waals surface area contributed by atoms with Gasteiger partial charge in [0.2, 0.25) is 0 Å². The van der Waals surface area contributed by atoms with Crippen LogP contribution in [0, 0.1) is 0 Å². The predicted molar refractivity (Wildman–Crippen MR) is 95.8 cm³/mol. The molecule has 0 aliphatic rings. The highest BCUT2D eigenvalue weighted by Crippen LogP contribution is 2.22. The Bertz CT molecular complexity index is 801. The van der Waals surface area contributed by atoms with Gasteiger partial charge in [0, 0.05) is 11.9 Å². The standard InChI is InChI=1S/C19H16N2OS/c1-23-19-17(8-5-13-20-19)18(22)21-16-11-9-15(10-12-16)14-6-3-2-4-7-14/h2-13H,1H3,(H,21,22). The van der Waals surface area contributed by atoms with E-state index in [0.29, 0.717) is 5.56 Å². The Morgan fingerprint density at radius 2 is 1.61 bits per heavy atom. The molecule has 1 heterocycles. The van der Waals surface area contributed by atoms with Crippen molar-refractivity contribution in [1.82, 2.24) is 4.98 Å². The van der Waals surface area contributed by atoms with Crippen LogP contribution in [0.1, 0.15) is 10.4 Å². The minimum atomic E-state index is -0.144. The Morgan fingerprint density at radius 1 is 0.913 bits per heavy atom. The van der Waals surface area contributed by atoms with Gasteiger partial charge in [-0.15, -0.1) is 11.8 Å². The zero-order chi connectivity index (χ0) is 16.1. The Kier molecular flexibility index (Phi) is 4.74. The van der Waals surface area contributed by atoms with E-state index in [1.165, 1.54) is 11.8 Å². The third kappa shape index (κ3) is 3.60. The van der Waals surface area contributed by atoms with E-state index in [2.05, 4.69) is 22.4 Å². The number of anilines is 1. The molecule has 114 valence electrons. The van der Waals surface area contributed by atoms with Crippen molar-refractivity contribution in [3.8, 4) is 11.1 Å². The fourth-order valence-electron chi connectivity index (χ4n) is 2.30. The third-order valence-electron chi connectivity index (χ3n) is 3.46. The Hall–Kier alpha value is -2.59. The van der Waals surface area contributed by atoms with Crippen LogP contribution in [-0.2, 0) is 0 Å². The van der Waals surface area contributed by atoms with Gasteiger partial charge in [-0.25, -0.2) is 4.98 Å². The average Bonchev–Trinajstić information content (AvgIpc) is 2.63. The molecule has 1 aromatic heterocycles. The summed E-state index contributed by atoms with van der Waals surface area (Å²) >= 11 is 1.46. The van der Waals surface area contributed by atoms with Crippen LogP contribution in [0.25, 0.3) is 11.1 Å². The molecule has 3 rings (SSSR count). The van der Waals surface area contributed by atoms with Crippen LogP contribution < -0.4 is 5.32 Å². The molecule has 1 N–H and O–H groups in total. The quantitative estimate of drug-likeness (QED) is 0.707. The Balaban J connectivity index is 1.77. The van der Waals surface area contributed by atoms with Gasteiger partial charge < -0.3 is 5.32 Å². The van der Waals surface area contributed by atoms with Gasteiger partial charge in [0.05, 0.1) is 5.56 Å². The van der Waals surface area contributed by atoms with Gasteiger partial charge >= 0.3 is 0 Å². The normalized spacial score (nSPS) is 10.3. The average molecular weight is 320 g/mol. The highest BCUT2D eigenvalue weighted by molar-refractivity contribution is 7.98. The number of nitrogens with one attached hydrogen (secondary N) is 1. The van der Waals surface area contributed by atoms with Crippen molar-refractivity contribution in [2.75, 3.05) is 11.6 Å². The number of thioether (sulfide) groups is 1. The summed E-state index contributed by atoms with van der Waals surface area (Å²) in [5.41, 5.74) is 3.63. The highest BCUT2D eigenvalue weighted by Gasteiger charge is 2.11. The fraction of sp³-hybridized carbons (Fsp3) is 0.0526. The molecule has 0 spiro atoms. The SMILES string of the molecule is CSc1ncccc1C(=O)Nc1ccc(-c2ccccc2)cc1. The predicted octanol–water partition coefficient (Wildman–Crippen LogP) is 4.72. The van der Waals surface area contributed by atoms with Crippen LogP contribution in [0.2, 0.25) is 0 Å². The molecule has 0 aliphatic heterocycles. The lowest BCUT2D eigenvalue weighted by atomic mass is 10.1. The number of amides is 1. The maximum atomic E-state index is 12.4. The Morgan fingerprint density at radius 3 is 2.30 bits per heavy atom. The summed E-state index contributed by atoms with van der Waals surface area (Å²) in [5, 5.41) is 3.65. The van der Waals surface area contributed by atoms with Crippen molar-refractivity contribution in [1.29, 1.82) is 0 Å². The lowest BCUT2D eigenvalue weighted by molar-refractivity contribution is 0.102. The maximum Gasteiger partial charge on any atom is 0.258 e. The second kappa shape index (κ2) is 7.11. The fourth-order valence-corrected chi connectivity index (χ4v) is 2.85. The van der Waals surface area contributed by atoms with Gasteiger partial charge in [-0.05, 0) is 41.6 Å². The van der Waals surface area contributed by atoms with Crippen molar-refractivity contribution in [2.24, 2.45) is 0 Å². The molecule has 0 saturated heterocycles. The molecule has 0 fully saturated rings. The lowest BCUT2D eigenvalue weighted by Gasteiger charge is -2.08. The van der Waals surface area contributed by atoms with Crippen molar-refractivity contribution in [2.45, 2.75) is 5.03 Å². The topological polar surface area (TPSA) is 42.0 Å². The molecular weight excluding hydrogens is 304 g/mol. The maximum absolute atomic E-state index is 12.4. The van der Waals surface area contributed by atoms with E-state index < -0.39 is 0 Å². The third-order valence-corrected chi connectivity index (χ3v) is 4.17. The summed E-state index contributed by atoms with van der Waals surface area (Å²) in [6, 6.07) is 21.5. The van der Waals surface area contributed by atoms with Gasteiger partial charge in [-0.1, -0.05) is 42.5 Å². The summed E-state index contributed by atoms with van der Waals surface area (Å²) in [4.78, 5) is 16.6. The van der Waals surface area contributed by atoms with Crippen molar-refractivity contribution in [3.05, 3.63) is 78.5 Å². The summed E-state index contributed by atoms with van der Waals surface area (Å²) in [6.07, 6.45) is 3.60. The van der Waals surface area contributed by atoms with Gasteiger partial charge in [0.25, 0.3) is 5.91 Å². The molecular formula is C19H16N2OS. The zero-order valence-electron chi connectivity index (χ0n) is 12.7. The first-order valence-electron chi connectivity index (χ1n) is 7.24. The zero-order valence-corrected chi connectivity index (χ0v) is 13.5. The molecule has 0 aliphatic carbocycles. The molecule has 1 amide bonds. The molecule has 0 saturated carbocycles.